The van der Waals surface area contributed by atoms with Gasteiger partial charge in [0.1, 0.15) is 23.7 Å². The fourth-order valence-corrected chi connectivity index (χ4v) is 2.11. The molecule has 0 spiro atoms. The van der Waals surface area contributed by atoms with Crippen LogP contribution in [0.2, 0.25) is 0 Å². The van der Waals surface area contributed by atoms with Crippen molar-refractivity contribution in [2.45, 2.75) is 20.5 Å². The number of benzene rings is 2. The van der Waals surface area contributed by atoms with Crippen LogP contribution >= 0.6 is 0 Å². The highest BCUT2D eigenvalue weighted by Gasteiger charge is 2.12. The van der Waals surface area contributed by atoms with Gasteiger partial charge in [0.15, 0.2) is 0 Å². The molecule has 0 unspecified atom stereocenters. The van der Waals surface area contributed by atoms with Crippen molar-refractivity contribution in [1.82, 2.24) is 0 Å². The van der Waals surface area contributed by atoms with E-state index >= 15 is 0 Å². The average Bonchev–Trinajstić information content (AvgIpc) is 2.36. The number of halogens is 1. The van der Waals surface area contributed by atoms with Crippen LogP contribution in [0.1, 0.15) is 27.0 Å². The SMILES string of the molecule is Cc1cc(C)cc(COc2ccc(F)cc2C(=O)O)c1. The molecule has 0 heterocycles. The molecule has 0 amide bonds. The van der Waals surface area contributed by atoms with Gasteiger partial charge in [0.05, 0.1) is 0 Å². The van der Waals surface area contributed by atoms with Crippen LogP contribution in [0.25, 0.3) is 0 Å². The quantitative estimate of drug-likeness (QED) is 0.924. The highest BCUT2D eigenvalue weighted by molar-refractivity contribution is 5.90. The Morgan fingerprint density at radius 3 is 2.40 bits per heavy atom. The summed E-state index contributed by atoms with van der Waals surface area (Å²) >= 11 is 0. The molecule has 0 aromatic heterocycles. The van der Waals surface area contributed by atoms with E-state index in [0.29, 0.717) is 0 Å². The molecular weight excluding hydrogens is 259 g/mol. The second kappa shape index (κ2) is 5.74. The van der Waals surface area contributed by atoms with Gasteiger partial charge in [0, 0.05) is 0 Å². The predicted molar refractivity (Wildman–Crippen MR) is 73.6 cm³/mol. The molecule has 4 heteroatoms. The minimum atomic E-state index is -1.21. The molecule has 104 valence electrons. The Bertz CT molecular complexity index is 630. The summed E-state index contributed by atoms with van der Waals surface area (Å²) in [6.45, 7) is 4.21. The second-order valence-electron chi connectivity index (χ2n) is 4.73. The minimum absolute atomic E-state index is 0.165. The van der Waals surface area contributed by atoms with Crippen molar-refractivity contribution in [2.24, 2.45) is 0 Å². The largest absolute Gasteiger partial charge is 0.488 e. The third kappa shape index (κ3) is 3.35. The first kappa shape index (κ1) is 14.1. The molecule has 0 atom stereocenters. The molecule has 1 N–H and O–H groups in total. The standard InChI is InChI=1S/C16H15FO3/c1-10-5-11(2)7-12(6-10)9-20-15-4-3-13(17)8-14(15)16(18)19/h3-8H,9H2,1-2H3,(H,18,19). The number of hydrogen-bond acceptors (Lipinski definition) is 2. The molecule has 20 heavy (non-hydrogen) atoms. The maximum absolute atomic E-state index is 13.1. The number of aryl methyl sites for hydroxylation is 2. The zero-order valence-electron chi connectivity index (χ0n) is 11.3. The van der Waals surface area contributed by atoms with Crippen molar-refractivity contribution in [3.8, 4) is 5.75 Å². The summed E-state index contributed by atoms with van der Waals surface area (Å²) in [5.74, 6) is -1.64. The maximum atomic E-state index is 13.1. The molecule has 0 radical (unpaired) electrons. The summed E-state index contributed by atoms with van der Waals surface area (Å²) in [6.07, 6.45) is 0. The van der Waals surface area contributed by atoms with Gasteiger partial charge in [-0.3, -0.25) is 0 Å². The summed E-state index contributed by atoms with van der Waals surface area (Å²) in [7, 11) is 0. The predicted octanol–water partition coefficient (Wildman–Crippen LogP) is 3.72. The lowest BCUT2D eigenvalue weighted by Gasteiger charge is -2.10. The highest BCUT2D eigenvalue weighted by atomic mass is 19.1. The van der Waals surface area contributed by atoms with Crippen LogP contribution in [0.3, 0.4) is 0 Å². The van der Waals surface area contributed by atoms with Gasteiger partial charge < -0.3 is 9.84 Å². The summed E-state index contributed by atoms with van der Waals surface area (Å²) in [6, 6.07) is 9.46. The van der Waals surface area contributed by atoms with Crippen LogP contribution < -0.4 is 4.74 Å². The Morgan fingerprint density at radius 1 is 1.15 bits per heavy atom. The average molecular weight is 274 g/mol. The summed E-state index contributed by atoms with van der Waals surface area (Å²) < 4.78 is 18.6. The summed E-state index contributed by atoms with van der Waals surface area (Å²) in [5, 5.41) is 9.03. The normalized spacial score (nSPS) is 10.3. The number of ether oxygens (including phenoxy) is 1. The number of carboxylic acid groups (broad SMARTS) is 1. The van der Waals surface area contributed by atoms with Crippen LogP contribution in [0, 0.1) is 19.7 Å². The minimum Gasteiger partial charge on any atom is -0.488 e. The first-order valence-electron chi connectivity index (χ1n) is 6.18. The third-order valence-electron chi connectivity index (χ3n) is 2.85. The molecule has 0 aliphatic carbocycles. The molecule has 3 nitrogen and oxygen atoms in total. The summed E-state index contributed by atoms with van der Waals surface area (Å²) in [4.78, 5) is 11.0. The number of hydrogen-bond donors (Lipinski definition) is 1. The Balaban J connectivity index is 2.20. The molecule has 2 aromatic carbocycles. The van der Waals surface area contributed by atoms with E-state index in [0.717, 1.165) is 22.8 Å². The fourth-order valence-electron chi connectivity index (χ4n) is 2.11. The zero-order chi connectivity index (χ0) is 14.7. The smallest absolute Gasteiger partial charge is 0.339 e. The topological polar surface area (TPSA) is 46.5 Å². The maximum Gasteiger partial charge on any atom is 0.339 e. The van der Waals surface area contributed by atoms with Crippen molar-refractivity contribution in [2.75, 3.05) is 0 Å². The molecule has 0 aliphatic rings. The van der Waals surface area contributed by atoms with E-state index in [2.05, 4.69) is 0 Å². The van der Waals surface area contributed by atoms with E-state index in [-0.39, 0.29) is 17.9 Å². The lowest BCUT2D eigenvalue weighted by atomic mass is 10.1. The van der Waals surface area contributed by atoms with E-state index in [1.807, 2.05) is 32.0 Å². The van der Waals surface area contributed by atoms with E-state index in [1.165, 1.54) is 12.1 Å². The van der Waals surface area contributed by atoms with E-state index in [1.54, 1.807) is 0 Å². The molecule has 2 rings (SSSR count). The van der Waals surface area contributed by atoms with Gasteiger partial charge in [0.2, 0.25) is 0 Å². The first-order valence-corrected chi connectivity index (χ1v) is 6.18. The van der Waals surface area contributed by atoms with Gasteiger partial charge >= 0.3 is 5.97 Å². The van der Waals surface area contributed by atoms with Gasteiger partial charge in [-0.2, -0.15) is 0 Å². The third-order valence-corrected chi connectivity index (χ3v) is 2.85. The van der Waals surface area contributed by atoms with Gasteiger partial charge in [-0.25, -0.2) is 9.18 Å². The van der Waals surface area contributed by atoms with Gasteiger partial charge in [-0.15, -0.1) is 0 Å². The zero-order valence-corrected chi connectivity index (χ0v) is 11.3. The van der Waals surface area contributed by atoms with E-state index in [4.69, 9.17) is 9.84 Å². The molecule has 0 saturated carbocycles. The monoisotopic (exact) mass is 274 g/mol. The van der Waals surface area contributed by atoms with Crippen molar-refractivity contribution in [1.29, 1.82) is 0 Å². The van der Waals surface area contributed by atoms with Crippen molar-refractivity contribution >= 4 is 5.97 Å². The molecule has 0 bridgehead atoms. The van der Waals surface area contributed by atoms with Crippen molar-refractivity contribution in [3.05, 3.63) is 64.5 Å². The highest BCUT2D eigenvalue weighted by Crippen LogP contribution is 2.21. The fraction of sp³-hybridized carbons (Fsp3) is 0.188. The van der Waals surface area contributed by atoms with E-state index in [9.17, 15) is 9.18 Å². The Morgan fingerprint density at radius 2 is 1.80 bits per heavy atom. The molecule has 0 fully saturated rings. The number of rotatable bonds is 4. The molecular formula is C16H15FO3. The van der Waals surface area contributed by atoms with Crippen LogP contribution in [-0.2, 0) is 6.61 Å². The number of aromatic carboxylic acids is 1. The number of carboxylic acids is 1. The molecule has 2 aromatic rings. The Kier molecular flexibility index (Phi) is 4.03. The molecule has 0 saturated heterocycles. The van der Waals surface area contributed by atoms with Crippen LogP contribution in [0.15, 0.2) is 36.4 Å². The Labute approximate surface area is 116 Å². The van der Waals surface area contributed by atoms with Crippen LogP contribution in [0.4, 0.5) is 4.39 Å². The van der Waals surface area contributed by atoms with Gasteiger partial charge in [-0.05, 0) is 37.6 Å². The first-order chi connectivity index (χ1) is 9.45. The molecule has 0 aliphatic heterocycles. The van der Waals surface area contributed by atoms with Crippen LogP contribution in [-0.4, -0.2) is 11.1 Å². The Hall–Kier alpha value is -2.36. The van der Waals surface area contributed by atoms with Gasteiger partial charge in [-0.1, -0.05) is 29.3 Å². The van der Waals surface area contributed by atoms with Crippen molar-refractivity contribution in [3.63, 3.8) is 0 Å². The van der Waals surface area contributed by atoms with Crippen LogP contribution in [0.5, 0.6) is 5.75 Å². The van der Waals surface area contributed by atoms with Crippen molar-refractivity contribution < 1.29 is 19.0 Å². The van der Waals surface area contributed by atoms with Gasteiger partial charge in [0.25, 0.3) is 0 Å². The second-order valence-corrected chi connectivity index (χ2v) is 4.73. The lowest BCUT2D eigenvalue weighted by Crippen LogP contribution is -2.04. The number of carbonyl (C=O) groups is 1. The lowest BCUT2D eigenvalue weighted by molar-refractivity contribution is 0.0691. The summed E-state index contributed by atoms with van der Waals surface area (Å²) in [5.41, 5.74) is 3.00. The van der Waals surface area contributed by atoms with E-state index < -0.39 is 11.8 Å².